The van der Waals surface area contributed by atoms with Gasteiger partial charge in [0.2, 0.25) is 17.7 Å². The Morgan fingerprint density at radius 2 is 0.600 bits per heavy atom. The Hall–Kier alpha value is -11.6. The van der Waals surface area contributed by atoms with Gasteiger partial charge in [-0.3, -0.25) is 57.4 Å². The number of nitrogens with zero attached hydrogens (tertiary/aromatic N) is 18. The molecule has 0 bridgehead atoms. The first-order valence-electron chi connectivity index (χ1n) is 41.3. The molecule has 0 saturated carbocycles. The van der Waals surface area contributed by atoms with Crippen LogP contribution in [0.25, 0.3) is 83.9 Å². The third-order valence-electron chi connectivity index (χ3n) is 23.2. The Morgan fingerprint density at radius 3 is 0.800 bits per heavy atom. The van der Waals surface area contributed by atoms with Crippen LogP contribution in [0.3, 0.4) is 0 Å². The van der Waals surface area contributed by atoms with Crippen LogP contribution in [0.1, 0.15) is 110 Å². The van der Waals surface area contributed by atoms with Gasteiger partial charge in [0.15, 0.2) is 17.5 Å². The quantitative estimate of drug-likeness (QED) is 0.0371. The standard InChI is InChI=1S/3C31H26Cl4FN7O2/c3*1-5-19(44)41-8-10-42(11-9-41)29-16-12-18(32)27(20-21(33)22(34)23(35)25(38)24(20)36)40-30(16)43(31(45)17(29)13-37)28-15(4)6-7-39-26(28)14(2)3/h3*5-7,12,14H,1,8-11,38H2,2-4H3. The van der Waals surface area contributed by atoms with E-state index in [2.05, 4.69) is 52.9 Å². The van der Waals surface area contributed by atoms with Crippen LogP contribution in [0.5, 0.6) is 0 Å². The minimum atomic E-state index is -0.991. The van der Waals surface area contributed by atoms with E-state index in [-0.39, 0.29) is 180 Å². The highest BCUT2D eigenvalue weighted by atomic mass is 35.5. The zero-order chi connectivity index (χ0) is 98.7. The monoisotopic (exact) mass is 2060 g/mol. The van der Waals surface area contributed by atoms with Gasteiger partial charge in [0.1, 0.15) is 51.8 Å². The number of aromatic nitrogens is 9. The number of fused-ring (bicyclic) bond motifs is 3. The maximum atomic E-state index is 15.7. The number of carbonyl (C=O) groups excluding carboxylic acids is 3. The number of rotatable bonds is 15. The third-order valence-corrected chi connectivity index (χ3v) is 28.1. The summed E-state index contributed by atoms with van der Waals surface area (Å²) in [5.41, 5.74) is 18.7. The second-order valence-corrected chi connectivity index (χ2v) is 36.9. The number of amides is 3. The predicted molar refractivity (Wildman–Crippen MR) is 533 cm³/mol. The van der Waals surface area contributed by atoms with Crippen LogP contribution in [0.2, 0.25) is 60.3 Å². The maximum Gasteiger partial charge on any atom is 0.276 e. The molecule has 3 amide bonds. The normalized spacial score (nSPS) is 13.4. The van der Waals surface area contributed by atoms with Gasteiger partial charge in [0, 0.05) is 113 Å². The van der Waals surface area contributed by atoms with E-state index in [9.17, 15) is 44.6 Å². The topological polar surface area (TPSA) is 363 Å². The third kappa shape index (κ3) is 18.2. The molecule has 12 aromatic rings. The highest BCUT2D eigenvalue weighted by Gasteiger charge is 2.38. The van der Waals surface area contributed by atoms with Gasteiger partial charge < -0.3 is 46.6 Å². The molecule has 0 radical (unpaired) electrons. The Balaban J connectivity index is 0.000000171. The molecule has 0 atom stereocenters. The SMILES string of the molecule is C=CC(=O)N1CCN(c2c(C#N)c(=O)n(-c3c(C)ccnc3C(C)C)c3nc(-c4c(F)c(N)c(Cl)c(Cl)c4Cl)c(Cl)cc23)CC1.C=CC(=O)N1CCN(c2c(C#N)c(=O)n(-c3c(C)ccnc3C(C)C)c3nc(-c4c(F)c(N)c(Cl)c(Cl)c4Cl)c(Cl)cc23)CC1.C=CC(=O)N1CCN(c2c(C#N)c(=O)n(-c3c(C)ccnc3C(C)C)c3nc(-c4c(F)c(N)c(Cl)c(Cl)c4Cl)c(Cl)cc23)CC1. The van der Waals surface area contributed by atoms with E-state index in [1.165, 1.54) is 50.1 Å². The molecule has 0 unspecified atom stereocenters. The number of hydrogen-bond donors (Lipinski definition) is 3. The van der Waals surface area contributed by atoms with Crippen LogP contribution in [-0.2, 0) is 14.4 Å². The molecule has 3 aliphatic rings. The van der Waals surface area contributed by atoms with Crippen molar-refractivity contribution in [1.82, 2.24) is 58.3 Å². The maximum absolute atomic E-state index is 15.7. The van der Waals surface area contributed by atoms with Crippen molar-refractivity contribution in [3.8, 4) is 69.0 Å². The van der Waals surface area contributed by atoms with Gasteiger partial charge in [-0.05, 0) is 110 Å². The van der Waals surface area contributed by atoms with Gasteiger partial charge in [-0.15, -0.1) is 0 Å². The molecule has 0 spiro atoms. The zero-order valence-corrected chi connectivity index (χ0v) is 82.2. The Bertz CT molecular complexity index is 6640. The van der Waals surface area contributed by atoms with E-state index in [4.69, 9.17) is 171 Å². The number of hydrogen-bond acceptors (Lipinski definition) is 21. The van der Waals surface area contributed by atoms with Gasteiger partial charge in [-0.2, -0.15) is 15.8 Å². The summed E-state index contributed by atoms with van der Waals surface area (Å²) in [5, 5.41) is 29.9. The number of nitriles is 3. The molecule has 135 heavy (non-hydrogen) atoms. The average Bonchev–Trinajstić information content (AvgIpc) is 0.728. The van der Waals surface area contributed by atoms with Crippen molar-refractivity contribution >= 4 is 224 Å². The van der Waals surface area contributed by atoms with Crippen molar-refractivity contribution in [3.05, 3.63) is 252 Å². The van der Waals surface area contributed by atoms with Crippen molar-refractivity contribution in [1.29, 1.82) is 15.8 Å². The molecule has 3 aromatic carbocycles. The van der Waals surface area contributed by atoms with Gasteiger partial charge in [0.05, 0.1) is 162 Å². The van der Waals surface area contributed by atoms with Crippen LogP contribution in [0, 0.1) is 72.2 Å². The van der Waals surface area contributed by atoms with Crippen LogP contribution >= 0.6 is 139 Å². The zero-order valence-electron chi connectivity index (χ0n) is 73.2. The van der Waals surface area contributed by atoms with E-state index >= 15 is 13.2 Å². The largest absolute Gasteiger partial charge is 0.395 e. The Labute approximate surface area is 830 Å². The molecule has 696 valence electrons. The molecular weight excluding hydrogens is 1990 g/mol. The molecule has 9 aromatic heterocycles. The Kier molecular flexibility index (Phi) is 30.4. The summed E-state index contributed by atoms with van der Waals surface area (Å²) < 4.78 is 51.0. The number of benzene rings is 3. The molecule has 3 fully saturated rings. The Morgan fingerprint density at radius 1 is 0.378 bits per heavy atom. The summed E-state index contributed by atoms with van der Waals surface area (Å²) in [6.45, 7) is 31.4. The number of nitrogen functional groups attached to an aromatic ring is 3. The summed E-state index contributed by atoms with van der Waals surface area (Å²) in [7, 11) is 0. The summed E-state index contributed by atoms with van der Waals surface area (Å²) in [6.07, 6.45) is 8.61. The minimum absolute atomic E-state index is 0.0520. The second-order valence-electron chi connectivity index (χ2n) is 32.2. The molecule has 6 N–H and O–H groups in total. The fourth-order valence-corrected chi connectivity index (χ4v) is 19.3. The lowest BCUT2D eigenvalue weighted by Crippen LogP contribution is -2.49. The van der Waals surface area contributed by atoms with E-state index in [1.807, 2.05) is 77.0 Å². The minimum Gasteiger partial charge on any atom is -0.395 e. The first-order valence-corrected chi connectivity index (χ1v) is 45.8. The number of aryl methyl sites for hydroxylation is 3. The smallest absolute Gasteiger partial charge is 0.276 e. The second kappa shape index (κ2) is 40.7. The molecule has 3 saturated heterocycles. The van der Waals surface area contributed by atoms with E-state index in [0.717, 1.165) is 0 Å². The fraction of sp³-hybridized carbons (Fsp3) is 0.258. The molecular formula is C93H78Cl12F3N21O6. The molecule has 0 aliphatic carbocycles. The van der Waals surface area contributed by atoms with Gasteiger partial charge in [0.25, 0.3) is 16.7 Å². The van der Waals surface area contributed by atoms with Gasteiger partial charge >= 0.3 is 0 Å². The number of pyridine rings is 9. The number of carbonyl (C=O) groups is 3. The molecule has 12 heterocycles. The lowest BCUT2D eigenvalue weighted by Gasteiger charge is -2.36. The number of anilines is 6. The van der Waals surface area contributed by atoms with Crippen molar-refractivity contribution < 1.29 is 27.6 Å². The van der Waals surface area contributed by atoms with Crippen molar-refractivity contribution in [2.45, 2.75) is 80.1 Å². The average molecular weight is 2070 g/mol. The molecule has 3 aliphatic heterocycles. The summed E-state index contributed by atoms with van der Waals surface area (Å²) in [4.78, 5) is 118. The fourth-order valence-electron chi connectivity index (χ4n) is 16.5. The van der Waals surface area contributed by atoms with Crippen LogP contribution in [0.15, 0.2) is 107 Å². The summed E-state index contributed by atoms with van der Waals surface area (Å²) >= 11 is 77.0. The van der Waals surface area contributed by atoms with Crippen LogP contribution in [-0.4, -0.2) is 155 Å². The van der Waals surface area contributed by atoms with Crippen LogP contribution < -0.4 is 48.6 Å². The highest BCUT2D eigenvalue weighted by molar-refractivity contribution is 6.52. The molecule has 42 heteroatoms. The number of halogens is 15. The van der Waals surface area contributed by atoms with E-state index < -0.39 is 51.2 Å². The van der Waals surface area contributed by atoms with Crippen LogP contribution in [0.4, 0.5) is 47.3 Å². The number of piperazine rings is 3. The van der Waals surface area contributed by atoms with E-state index in [1.54, 1.807) is 51.5 Å². The lowest BCUT2D eigenvalue weighted by atomic mass is 10.0. The number of nitrogens with two attached hydrogens (primary N) is 3. The van der Waals surface area contributed by atoms with Gasteiger partial charge in [-0.1, -0.05) is 200 Å². The van der Waals surface area contributed by atoms with Crippen molar-refractivity contribution in [2.75, 3.05) is 110 Å². The lowest BCUT2D eigenvalue weighted by molar-refractivity contribution is -0.127. The van der Waals surface area contributed by atoms with E-state index in [0.29, 0.717) is 146 Å². The molecule has 15 rings (SSSR count). The highest BCUT2D eigenvalue weighted by Crippen LogP contribution is 2.52. The predicted octanol–water partition coefficient (Wildman–Crippen LogP) is 20.8. The van der Waals surface area contributed by atoms with Gasteiger partial charge in [-0.25, -0.2) is 28.1 Å². The van der Waals surface area contributed by atoms with Crippen molar-refractivity contribution in [3.63, 3.8) is 0 Å². The first-order chi connectivity index (χ1) is 64.0. The summed E-state index contributed by atoms with van der Waals surface area (Å²) in [5.74, 6) is -4.03. The summed E-state index contributed by atoms with van der Waals surface area (Å²) in [6, 6.07) is 16.0. The molecule has 27 nitrogen and oxygen atoms in total. The van der Waals surface area contributed by atoms with Crippen molar-refractivity contribution in [2.24, 2.45) is 0 Å². The first kappa shape index (κ1) is 101.